The molecule has 5 nitrogen and oxygen atoms in total. The third kappa shape index (κ3) is 3.06. The smallest absolute Gasteiger partial charge is 0.290 e. The number of likely N-dealkylation sites (N-methyl/N-ethyl adjacent to an activating group) is 1. The average Bonchev–Trinajstić information content (AvgIpc) is 2.38. The highest BCUT2D eigenvalue weighted by Crippen LogP contribution is 2.10. The van der Waals surface area contributed by atoms with E-state index in [1.165, 1.54) is 19.3 Å². The average molecular weight is 236 g/mol. The lowest BCUT2D eigenvalue weighted by molar-refractivity contribution is 0.399. The van der Waals surface area contributed by atoms with Gasteiger partial charge in [-0.25, -0.2) is 4.98 Å². The van der Waals surface area contributed by atoms with Crippen molar-refractivity contribution in [3.05, 3.63) is 22.7 Å². The van der Waals surface area contributed by atoms with Gasteiger partial charge in [0.1, 0.15) is 0 Å². The quantitative estimate of drug-likeness (QED) is 0.809. The Kier molecular flexibility index (Phi) is 4.14. The Bertz CT molecular complexity index is 397. The summed E-state index contributed by atoms with van der Waals surface area (Å²) in [5.41, 5.74) is -0.106. The van der Waals surface area contributed by atoms with E-state index in [-0.39, 0.29) is 5.56 Å². The topological polar surface area (TPSA) is 61.0 Å². The second kappa shape index (κ2) is 5.82. The van der Waals surface area contributed by atoms with E-state index in [1.807, 2.05) is 4.90 Å². The minimum absolute atomic E-state index is 0.106. The zero-order chi connectivity index (χ0) is 12.1. The van der Waals surface area contributed by atoms with E-state index in [0.29, 0.717) is 11.9 Å². The molecule has 1 aliphatic heterocycles. The van der Waals surface area contributed by atoms with Gasteiger partial charge in [0.25, 0.3) is 5.56 Å². The molecule has 0 saturated carbocycles. The summed E-state index contributed by atoms with van der Waals surface area (Å²) < 4.78 is 0. The third-order valence-corrected chi connectivity index (χ3v) is 3.22. The number of rotatable bonds is 4. The van der Waals surface area contributed by atoms with E-state index in [0.717, 1.165) is 19.6 Å². The second-order valence-corrected chi connectivity index (χ2v) is 4.43. The standard InChI is InChI=1S/C12H20N4O/c1-2-16(9-10-5-3-4-6-13-10)11-12(17)15-8-7-14-11/h7-8,10,13H,2-6,9H2,1H3,(H,15,17). The van der Waals surface area contributed by atoms with Gasteiger partial charge in [-0.15, -0.1) is 0 Å². The van der Waals surface area contributed by atoms with Gasteiger partial charge in [0.15, 0.2) is 5.82 Å². The molecule has 0 spiro atoms. The largest absolute Gasteiger partial charge is 0.351 e. The summed E-state index contributed by atoms with van der Waals surface area (Å²) >= 11 is 0. The van der Waals surface area contributed by atoms with Crippen LogP contribution in [0.25, 0.3) is 0 Å². The van der Waals surface area contributed by atoms with Crippen LogP contribution >= 0.6 is 0 Å². The minimum atomic E-state index is -0.106. The van der Waals surface area contributed by atoms with Crippen LogP contribution in [0.4, 0.5) is 5.82 Å². The van der Waals surface area contributed by atoms with E-state index in [1.54, 1.807) is 12.4 Å². The monoisotopic (exact) mass is 236 g/mol. The Labute approximate surface area is 101 Å². The maximum atomic E-state index is 11.7. The maximum Gasteiger partial charge on any atom is 0.290 e. The van der Waals surface area contributed by atoms with Gasteiger partial charge in [0.2, 0.25) is 0 Å². The molecule has 0 amide bonds. The molecule has 1 aromatic rings. The Morgan fingerprint density at radius 1 is 1.53 bits per heavy atom. The van der Waals surface area contributed by atoms with Crippen molar-refractivity contribution >= 4 is 5.82 Å². The van der Waals surface area contributed by atoms with Gasteiger partial charge in [-0.05, 0) is 26.3 Å². The molecule has 1 unspecified atom stereocenters. The third-order valence-electron chi connectivity index (χ3n) is 3.22. The molecule has 0 aromatic carbocycles. The number of hydrogen-bond donors (Lipinski definition) is 2. The molecule has 1 fully saturated rings. The molecule has 94 valence electrons. The highest BCUT2D eigenvalue weighted by atomic mass is 16.1. The molecule has 2 heterocycles. The van der Waals surface area contributed by atoms with Gasteiger partial charge >= 0.3 is 0 Å². The number of aromatic amines is 1. The molecule has 5 heteroatoms. The predicted octanol–water partition coefficient (Wildman–Crippen LogP) is 0.738. The minimum Gasteiger partial charge on any atom is -0.351 e. The first-order valence-corrected chi connectivity index (χ1v) is 6.33. The van der Waals surface area contributed by atoms with E-state index >= 15 is 0 Å². The fourth-order valence-corrected chi connectivity index (χ4v) is 2.28. The number of nitrogens with one attached hydrogen (secondary N) is 2. The van der Waals surface area contributed by atoms with Gasteiger partial charge in [-0.3, -0.25) is 4.79 Å². The fraction of sp³-hybridized carbons (Fsp3) is 0.667. The van der Waals surface area contributed by atoms with Crippen LogP contribution < -0.4 is 15.8 Å². The second-order valence-electron chi connectivity index (χ2n) is 4.43. The van der Waals surface area contributed by atoms with Gasteiger partial charge in [0, 0.05) is 31.5 Å². The molecule has 1 aliphatic rings. The molecule has 2 rings (SSSR count). The van der Waals surface area contributed by atoms with Crippen LogP contribution in [-0.2, 0) is 0 Å². The first-order chi connectivity index (χ1) is 8.31. The van der Waals surface area contributed by atoms with Crippen molar-refractivity contribution in [1.29, 1.82) is 0 Å². The normalized spacial score (nSPS) is 20.2. The summed E-state index contributed by atoms with van der Waals surface area (Å²) in [4.78, 5) is 20.6. The molecule has 17 heavy (non-hydrogen) atoms. The maximum absolute atomic E-state index is 11.7. The summed E-state index contributed by atoms with van der Waals surface area (Å²) in [6.07, 6.45) is 6.91. The lowest BCUT2D eigenvalue weighted by Gasteiger charge is -2.30. The van der Waals surface area contributed by atoms with Crippen molar-refractivity contribution in [3.63, 3.8) is 0 Å². The van der Waals surface area contributed by atoms with E-state index in [9.17, 15) is 4.79 Å². The van der Waals surface area contributed by atoms with Crippen LogP contribution in [0.15, 0.2) is 17.2 Å². The zero-order valence-corrected chi connectivity index (χ0v) is 10.3. The highest BCUT2D eigenvalue weighted by Gasteiger charge is 2.18. The Morgan fingerprint density at radius 3 is 3.06 bits per heavy atom. The highest BCUT2D eigenvalue weighted by molar-refractivity contribution is 5.35. The fourth-order valence-electron chi connectivity index (χ4n) is 2.28. The van der Waals surface area contributed by atoms with Crippen molar-refractivity contribution in [3.8, 4) is 0 Å². The molecule has 1 saturated heterocycles. The van der Waals surface area contributed by atoms with Crippen molar-refractivity contribution in [2.45, 2.75) is 32.2 Å². The molecule has 0 radical (unpaired) electrons. The van der Waals surface area contributed by atoms with E-state index in [4.69, 9.17) is 0 Å². The van der Waals surface area contributed by atoms with Crippen molar-refractivity contribution in [2.24, 2.45) is 0 Å². The first-order valence-electron chi connectivity index (χ1n) is 6.33. The predicted molar refractivity (Wildman–Crippen MR) is 68.4 cm³/mol. The Hall–Kier alpha value is -1.36. The summed E-state index contributed by atoms with van der Waals surface area (Å²) in [6.45, 7) is 4.80. The molecule has 1 aromatic heterocycles. The Morgan fingerprint density at radius 2 is 2.41 bits per heavy atom. The van der Waals surface area contributed by atoms with Crippen LogP contribution in [0.1, 0.15) is 26.2 Å². The van der Waals surface area contributed by atoms with Gasteiger partial charge < -0.3 is 15.2 Å². The zero-order valence-electron chi connectivity index (χ0n) is 10.3. The summed E-state index contributed by atoms with van der Waals surface area (Å²) in [7, 11) is 0. The molecular formula is C12H20N4O. The van der Waals surface area contributed by atoms with Gasteiger partial charge in [-0.2, -0.15) is 0 Å². The lowest BCUT2D eigenvalue weighted by Crippen LogP contribution is -2.45. The van der Waals surface area contributed by atoms with Crippen LogP contribution in [0.3, 0.4) is 0 Å². The number of aromatic nitrogens is 2. The summed E-state index contributed by atoms with van der Waals surface area (Å²) in [6, 6.07) is 0.477. The van der Waals surface area contributed by atoms with Crippen LogP contribution in [0.5, 0.6) is 0 Å². The van der Waals surface area contributed by atoms with Crippen molar-refractivity contribution in [2.75, 3.05) is 24.5 Å². The van der Waals surface area contributed by atoms with Gasteiger partial charge in [-0.1, -0.05) is 6.42 Å². The van der Waals surface area contributed by atoms with Crippen LogP contribution in [-0.4, -0.2) is 35.6 Å². The summed E-state index contributed by atoms with van der Waals surface area (Å²) in [5, 5.41) is 3.49. The number of H-pyrrole nitrogens is 1. The molecule has 0 aliphatic carbocycles. The SMILES string of the molecule is CCN(CC1CCCCN1)c1ncc[nH]c1=O. The summed E-state index contributed by atoms with van der Waals surface area (Å²) in [5.74, 6) is 0.530. The lowest BCUT2D eigenvalue weighted by atomic mass is 10.0. The molecular weight excluding hydrogens is 216 g/mol. The van der Waals surface area contributed by atoms with Crippen molar-refractivity contribution in [1.82, 2.24) is 15.3 Å². The first kappa shape index (κ1) is 12.1. The van der Waals surface area contributed by atoms with Crippen LogP contribution in [0, 0.1) is 0 Å². The molecule has 0 bridgehead atoms. The van der Waals surface area contributed by atoms with E-state index < -0.39 is 0 Å². The number of piperidine rings is 1. The molecule has 2 N–H and O–H groups in total. The van der Waals surface area contributed by atoms with Gasteiger partial charge in [0.05, 0.1) is 0 Å². The van der Waals surface area contributed by atoms with Crippen LogP contribution in [0.2, 0.25) is 0 Å². The number of anilines is 1. The number of nitrogens with zero attached hydrogens (tertiary/aromatic N) is 2. The molecule has 1 atom stereocenters. The Balaban J connectivity index is 2.05. The number of hydrogen-bond acceptors (Lipinski definition) is 4. The van der Waals surface area contributed by atoms with Crippen molar-refractivity contribution < 1.29 is 0 Å². The van der Waals surface area contributed by atoms with E-state index in [2.05, 4.69) is 22.2 Å².